The van der Waals surface area contributed by atoms with Crippen LogP contribution in [0.1, 0.15) is 23.4 Å². The molecule has 0 spiro atoms. The number of anilines is 1. The zero-order valence-corrected chi connectivity index (χ0v) is 13.8. The first-order valence-electron chi connectivity index (χ1n) is 8.04. The normalized spacial score (nSPS) is 10.7. The molecule has 0 saturated carbocycles. The molecule has 3 rings (SSSR count). The maximum atomic E-state index is 13.5. The van der Waals surface area contributed by atoms with Gasteiger partial charge in [0.2, 0.25) is 11.7 Å². The number of carbonyl (C=O) groups is 2. The van der Waals surface area contributed by atoms with Gasteiger partial charge in [0.05, 0.1) is 6.61 Å². The van der Waals surface area contributed by atoms with Crippen molar-refractivity contribution in [3.63, 3.8) is 0 Å². The average molecular weight is 356 g/mol. The zero-order valence-electron chi connectivity index (χ0n) is 13.8. The first-order chi connectivity index (χ1) is 12.5. The van der Waals surface area contributed by atoms with E-state index in [1.807, 2.05) is 30.3 Å². The van der Waals surface area contributed by atoms with Crippen LogP contribution in [0, 0.1) is 5.82 Å². The van der Waals surface area contributed by atoms with Gasteiger partial charge in [-0.15, -0.1) is 0 Å². The molecule has 0 aliphatic carbocycles. The van der Waals surface area contributed by atoms with E-state index < -0.39 is 11.7 Å². The van der Waals surface area contributed by atoms with Crippen LogP contribution in [0.3, 0.4) is 0 Å². The predicted molar refractivity (Wildman–Crippen MR) is 94.5 cm³/mol. The van der Waals surface area contributed by atoms with Crippen molar-refractivity contribution in [2.45, 2.75) is 12.8 Å². The molecule has 0 aliphatic rings. The van der Waals surface area contributed by atoms with Gasteiger partial charge in [0.25, 0.3) is 5.91 Å². The average Bonchev–Trinajstić information content (AvgIpc) is 2.98. The predicted octanol–water partition coefficient (Wildman–Crippen LogP) is 3.47. The van der Waals surface area contributed by atoms with Crippen molar-refractivity contribution >= 4 is 28.5 Å². The number of rotatable bonds is 7. The molecule has 26 heavy (non-hydrogen) atoms. The molecule has 0 saturated heterocycles. The van der Waals surface area contributed by atoms with E-state index in [2.05, 4.69) is 5.32 Å². The lowest BCUT2D eigenvalue weighted by atomic mass is 10.2. The molecule has 0 atom stereocenters. The second-order valence-electron chi connectivity index (χ2n) is 5.62. The molecule has 1 heterocycles. The third-order valence-electron chi connectivity index (χ3n) is 3.70. The van der Waals surface area contributed by atoms with Crippen molar-refractivity contribution in [1.82, 2.24) is 0 Å². The highest BCUT2D eigenvalue weighted by molar-refractivity contribution is 6.10. The molecule has 0 radical (unpaired) electrons. The zero-order chi connectivity index (χ0) is 18.5. The smallest absolute Gasteiger partial charge is 0.286 e. The number of halogens is 1. The molecule has 7 heteroatoms. The fourth-order valence-corrected chi connectivity index (χ4v) is 2.51. The molecule has 3 N–H and O–H groups in total. The second kappa shape index (κ2) is 7.69. The van der Waals surface area contributed by atoms with Crippen molar-refractivity contribution in [2.75, 3.05) is 11.9 Å². The Balaban J connectivity index is 1.64. The Morgan fingerprint density at radius 2 is 1.92 bits per heavy atom. The Morgan fingerprint density at radius 1 is 1.15 bits per heavy atom. The standard InChI is InChI=1S/C19H17FN2O4/c20-12-8-9-15-14(11-12)17(18(26-15)19(21)24)22-16(23)7-4-10-25-13-5-2-1-3-6-13/h1-3,5-6,8-9,11H,4,7,10H2,(H2,21,24)(H,22,23). The molecule has 134 valence electrons. The first-order valence-corrected chi connectivity index (χ1v) is 8.04. The topological polar surface area (TPSA) is 94.6 Å². The maximum absolute atomic E-state index is 13.5. The van der Waals surface area contributed by atoms with Crippen LogP contribution in [0.5, 0.6) is 5.75 Å². The summed E-state index contributed by atoms with van der Waals surface area (Å²) in [6.07, 6.45) is 0.629. The van der Waals surface area contributed by atoms with E-state index >= 15 is 0 Å². The number of para-hydroxylation sites is 1. The summed E-state index contributed by atoms with van der Waals surface area (Å²) >= 11 is 0. The molecule has 0 fully saturated rings. The molecule has 3 aromatic rings. The fourth-order valence-electron chi connectivity index (χ4n) is 2.51. The third kappa shape index (κ3) is 4.00. The van der Waals surface area contributed by atoms with E-state index in [0.717, 1.165) is 5.75 Å². The number of benzene rings is 2. The minimum atomic E-state index is -0.843. The van der Waals surface area contributed by atoms with E-state index in [1.165, 1.54) is 18.2 Å². The number of furan rings is 1. The Bertz CT molecular complexity index is 937. The maximum Gasteiger partial charge on any atom is 0.286 e. The number of nitrogens with two attached hydrogens (primary N) is 1. The highest BCUT2D eigenvalue weighted by Crippen LogP contribution is 2.31. The molecule has 0 unspecified atom stereocenters. The summed E-state index contributed by atoms with van der Waals surface area (Å²) in [6, 6.07) is 13.0. The van der Waals surface area contributed by atoms with E-state index in [-0.39, 0.29) is 34.7 Å². The number of hydrogen-bond acceptors (Lipinski definition) is 4. The summed E-state index contributed by atoms with van der Waals surface area (Å²) in [7, 11) is 0. The van der Waals surface area contributed by atoms with Crippen molar-refractivity contribution in [3.8, 4) is 5.75 Å². The molecule has 6 nitrogen and oxygen atoms in total. The number of amides is 2. The van der Waals surface area contributed by atoms with E-state index in [9.17, 15) is 14.0 Å². The summed E-state index contributed by atoms with van der Waals surface area (Å²) in [6.45, 7) is 0.362. The summed E-state index contributed by atoms with van der Waals surface area (Å²) < 4.78 is 24.3. The van der Waals surface area contributed by atoms with Crippen LogP contribution in [0.15, 0.2) is 52.9 Å². The van der Waals surface area contributed by atoms with Crippen molar-refractivity contribution in [1.29, 1.82) is 0 Å². The molecule has 0 bridgehead atoms. The van der Waals surface area contributed by atoms with Crippen molar-refractivity contribution < 1.29 is 23.1 Å². The Morgan fingerprint density at radius 3 is 2.65 bits per heavy atom. The monoisotopic (exact) mass is 356 g/mol. The van der Waals surface area contributed by atoms with Crippen molar-refractivity contribution in [3.05, 3.63) is 60.1 Å². The molecule has 0 aliphatic heterocycles. The first kappa shape index (κ1) is 17.5. The summed E-state index contributed by atoms with van der Waals surface area (Å²) in [5, 5.41) is 2.87. The van der Waals surface area contributed by atoms with Gasteiger partial charge >= 0.3 is 0 Å². The van der Waals surface area contributed by atoms with Gasteiger partial charge in [-0.3, -0.25) is 9.59 Å². The van der Waals surface area contributed by atoms with Crippen LogP contribution in [-0.4, -0.2) is 18.4 Å². The Labute approximate surface area is 148 Å². The van der Waals surface area contributed by atoms with Crippen LogP contribution in [0.25, 0.3) is 11.0 Å². The van der Waals surface area contributed by atoms with Gasteiger partial charge in [0, 0.05) is 11.8 Å². The largest absolute Gasteiger partial charge is 0.494 e. The molecular weight excluding hydrogens is 339 g/mol. The SMILES string of the molecule is NC(=O)c1oc2ccc(F)cc2c1NC(=O)CCCOc1ccccc1. The highest BCUT2D eigenvalue weighted by atomic mass is 19.1. The van der Waals surface area contributed by atoms with Gasteiger partial charge < -0.3 is 20.2 Å². The quantitative estimate of drug-likeness (QED) is 0.634. The lowest BCUT2D eigenvalue weighted by Crippen LogP contribution is -2.17. The van der Waals surface area contributed by atoms with Gasteiger partial charge in [-0.2, -0.15) is 0 Å². The number of fused-ring (bicyclic) bond motifs is 1. The van der Waals surface area contributed by atoms with Gasteiger partial charge in [-0.05, 0) is 36.8 Å². The Kier molecular flexibility index (Phi) is 5.17. The summed E-state index contributed by atoms with van der Waals surface area (Å²) in [4.78, 5) is 23.7. The van der Waals surface area contributed by atoms with Gasteiger partial charge in [0.15, 0.2) is 0 Å². The highest BCUT2D eigenvalue weighted by Gasteiger charge is 2.20. The van der Waals surface area contributed by atoms with E-state index in [4.69, 9.17) is 14.9 Å². The molecule has 2 aromatic carbocycles. The van der Waals surface area contributed by atoms with Gasteiger partial charge in [-0.25, -0.2) is 4.39 Å². The van der Waals surface area contributed by atoms with Crippen LogP contribution < -0.4 is 15.8 Å². The number of primary amides is 1. The lowest BCUT2D eigenvalue weighted by molar-refractivity contribution is -0.116. The van der Waals surface area contributed by atoms with Crippen LogP contribution in [-0.2, 0) is 4.79 Å². The minimum absolute atomic E-state index is 0.0842. The van der Waals surface area contributed by atoms with E-state index in [1.54, 1.807) is 0 Å². The fraction of sp³-hybridized carbons (Fsp3) is 0.158. The Hall–Kier alpha value is -3.35. The van der Waals surface area contributed by atoms with Crippen LogP contribution in [0.4, 0.5) is 10.1 Å². The molecule has 2 amide bonds. The number of nitrogens with one attached hydrogen (secondary N) is 1. The minimum Gasteiger partial charge on any atom is -0.494 e. The third-order valence-corrected chi connectivity index (χ3v) is 3.70. The lowest BCUT2D eigenvalue weighted by Gasteiger charge is -2.07. The second-order valence-corrected chi connectivity index (χ2v) is 5.62. The van der Waals surface area contributed by atoms with E-state index in [0.29, 0.717) is 13.0 Å². The number of hydrogen-bond donors (Lipinski definition) is 2. The summed E-state index contributed by atoms with van der Waals surface area (Å²) in [5.41, 5.74) is 5.63. The van der Waals surface area contributed by atoms with Gasteiger partial charge in [-0.1, -0.05) is 18.2 Å². The van der Waals surface area contributed by atoms with Crippen molar-refractivity contribution in [2.24, 2.45) is 5.73 Å². The number of carbonyl (C=O) groups excluding carboxylic acids is 2. The number of ether oxygens (including phenoxy) is 1. The van der Waals surface area contributed by atoms with Gasteiger partial charge in [0.1, 0.15) is 22.8 Å². The summed E-state index contributed by atoms with van der Waals surface area (Å²) in [5.74, 6) is -1.19. The van der Waals surface area contributed by atoms with Crippen LogP contribution >= 0.6 is 0 Å². The molecule has 1 aromatic heterocycles. The van der Waals surface area contributed by atoms with Crippen LogP contribution in [0.2, 0.25) is 0 Å². The molecular formula is C19H17FN2O4.